The van der Waals surface area contributed by atoms with Crippen molar-refractivity contribution in [3.05, 3.63) is 88.7 Å². The molecule has 0 atom stereocenters. The highest BCUT2D eigenvalue weighted by molar-refractivity contribution is 5.94. The molecule has 6 heteroatoms. The fourth-order valence-corrected chi connectivity index (χ4v) is 2.66. The topological polar surface area (TPSA) is 89.6 Å². The van der Waals surface area contributed by atoms with Gasteiger partial charge in [0, 0.05) is 0 Å². The van der Waals surface area contributed by atoms with E-state index in [4.69, 9.17) is 9.15 Å². The molecule has 6 nitrogen and oxygen atoms in total. The summed E-state index contributed by atoms with van der Waals surface area (Å²) in [6.45, 7) is 0. The molecule has 3 aromatic carbocycles. The summed E-state index contributed by atoms with van der Waals surface area (Å²) in [5.74, 6) is -0.713. The minimum Gasteiger partial charge on any atom is -0.507 e. The van der Waals surface area contributed by atoms with Gasteiger partial charge in [-0.1, -0.05) is 36.4 Å². The van der Waals surface area contributed by atoms with Gasteiger partial charge in [0.15, 0.2) is 0 Å². The van der Waals surface area contributed by atoms with E-state index in [0.717, 1.165) is 0 Å². The van der Waals surface area contributed by atoms with Crippen LogP contribution in [0.1, 0.15) is 10.4 Å². The highest BCUT2D eigenvalue weighted by Gasteiger charge is 2.18. The van der Waals surface area contributed by atoms with Crippen LogP contribution < -0.4 is 10.3 Å². The molecule has 0 aliphatic rings. The number of phenolic OH excluding ortho intramolecular Hbond substituents is 1. The molecule has 27 heavy (non-hydrogen) atoms. The standard InChI is InChI=1S/C21H13NO5/c23-16-10-4-1-7-13(16)21(25)27-18-12-6-3-9-15(18)20-22-19(24)14-8-2-5-11-17(14)26-20/h1-12,23H. The van der Waals surface area contributed by atoms with Crippen molar-refractivity contribution in [3.63, 3.8) is 0 Å². The van der Waals surface area contributed by atoms with E-state index in [-0.39, 0.29) is 23.0 Å². The molecule has 4 aromatic rings. The molecule has 0 saturated carbocycles. The lowest BCUT2D eigenvalue weighted by Gasteiger charge is -2.10. The molecule has 0 fully saturated rings. The fraction of sp³-hybridized carbons (Fsp3) is 0. The molecule has 0 unspecified atom stereocenters. The van der Waals surface area contributed by atoms with Crippen LogP contribution in [0, 0.1) is 0 Å². The second-order valence-corrected chi connectivity index (χ2v) is 5.72. The first-order valence-electron chi connectivity index (χ1n) is 8.13. The Kier molecular flexibility index (Phi) is 4.14. The van der Waals surface area contributed by atoms with E-state index in [1.165, 1.54) is 12.1 Å². The van der Waals surface area contributed by atoms with Crippen LogP contribution in [0.25, 0.3) is 22.4 Å². The summed E-state index contributed by atoms with van der Waals surface area (Å²) >= 11 is 0. The van der Waals surface area contributed by atoms with E-state index in [2.05, 4.69) is 4.98 Å². The predicted molar refractivity (Wildman–Crippen MR) is 98.8 cm³/mol. The number of ether oxygens (including phenoxy) is 1. The second-order valence-electron chi connectivity index (χ2n) is 5.72. The largest absolute Gasteiger partial charge is 0.507 e. The second kappa shape index (κ2) is 6.76. The molecule has 1 N–H and O–H groups in total. The molecule has 132 valence electrons. The molecule has 1 aromatic heterocycles. The van der Waals surface area contributed by atoms with Gasteiger partial charge in [0.1, 0.15) is 22.6 Å². The first-order chi connectivity index (χ1) is 13.1. The Morgan fingerprint density at radius 2 is 1.63 bits per heavy atom. The third kappa shape index (κ3) is 3.16. The molecular weight excluding hydrogens is 346 g/mol. The molecular formula is C21H13NO5. The van der Waals surface area contributed by atoms with Gasteiger partial charge in [-0.2, -0.15) is 4.98 Å². The van der Waals surface area contributed by atoms with Crippen molar-refractivity contribution in [2.45, 2.75) is 0 Å². The van der Waals surface area contributed by atoms with Crippen LogP contribution in [-0.2, 0) is 0 Å². The van der Waals surface area contributed by atoms with Crippen molar-refractivity contribution >= 4 is 16.9 Å². The molecule has 0 bridgehead atoms. The highest BCUT2D eigenvalue weighted by atomic mass is 16.5. The van der Waals surface area contributed by atoms with E-state index >= 15 is 0 Å². The first-order valence-corrected chi connectivity index (χ1v) is 8.13. The van der Waals surface area contributed by atoms with Gasteiger partial charge in [0.25, 0.3) is 5.56 Å². The van der Waals surface area contributed by atoms with Crippen molar-refractivity contribution in [3.8, 4) is 23.0 Å². The predicted octanol–water partition coefficient (Wildman–Crippen LogP) is 3.78. The highest BCUT2D eigenvalue weighted by Crippen LogP contribution is 2.30. The summed E-state index contributed by atoms with van der Waals surface area (Å²) in [7, 11) is 0. The van der Waals surface area contributed by atoms with E-state index in [9.17, 15) is 14.7 Å². The minimum atomic E-state index is -0.733. The van der Waals surface area contributed by atoms with Gasteiger partial charge < -0.3 is 14.3 Å². The fourth-order valence-electron chi connectivity index (χ4n) is 2.66. The molecule has 4 rings (SSSR count). The number of carbonyl (C=O) groups excluding carboxylic acids is 1. The molecule has 0 spiro atoms. The lowest BCUT2D eigenvalue weighted by Crippen LogP contribution is -2.11. The van der Waals surface area contributed by atoms with Crippen molar-refractivity contribution in [2.75, 3.05) is 0 Å². The SMILES string of the molecule is O=C(Oc1ccccc1-c1nc(=O)c2ccccc2o1)c1ccccc1O. The number of rotatable bonds is 3. The Hall–Kier alpha value is -3.93. The number of hydrogen-bond acceptors (Lipinski definition) is 6. The Labute approximate surface area is 153 Å². The summed E-state index contributed by atoms with van der Waals surface area (Å²) in [5.41, 5.74) is 0.326. The van der Waals surface area contributed by atoms with Gasteiger partial charge in [-0.3, -0.25) is 4.79 Å². The summed E-state index contributed by atoms with van der Waals surface area (Å²) < 4.78 is 11.1. The van der Waals surface area contributed by atoms with Crippen LogP contribution in [-0.4, -0.2) is 16.1 Å². The monoisotopic (exact) mass is 359 g/mol. The Morgan fingerprint density at radius 3 is 2.48 bits per heavy atom. The zero-order chi connectivity index (χ0) is 18.8. The number of benzene rings is 3. The van der Waals surface area contributed by atoms with Crippen LogP contribution in [0.3, 0.4) is 0 Å². The van der Waals surface area contributed by atoms with E-state index < -0.39 is 11.5 Å². The first kappa shape index (κ1) is 16.5. The van der Waals surface area contributed by atoms with Crippen LogP contribution in [0.4, 0.5) is 0 Å². The number of carbonyl (C=O) groups is 1. The summed E-state index contributed by atoms with van der Waals surface area (Å²) in [6.07, 6.45) is 0. The molecule has 1 heterocycles. The Morgan fingerprint density at radius 1 is 0.926 bits per heavy atom. The normalized spacial score (nSPS) is 10.7. The van der Waals surface area contributed by atoms with Gasteiger partial charge in [0.2, 0.25) is 5.89 Å². The van der Waals surface area contributed by atoms with Crippen molar-refractivity contribution < 1.29 is 19.1 Å². The third-order valence-electron chi connectivity index (χ3n) is 3.97. The van der Waals surface area contributed by atoms with E-state index in [1.807, 2.05) is 0 Å². The van der Waals surface area contributed by atoms with Crippen molar-refractivity contribution in [2.24, 2.45) is 0 Å². The number of hydrogen-bond donors (Lipinski definition) is 1. The van der Waals surface area contributed by atoms with Crippen LogP contribution >= 0.6 is 0 Å². The van der Waals surface area contributed by atoms with Crippen LogP contribution in [0.15, 0.2) is 82.0 Å². The molecule has 0 radical (unpaired) electrons. The maximum atomic E-state index is 12.4. The number of esters is 1. The summed E-state index contributed by atoms with van der Waals surface area (Å²) in [5, 5.41) is 10.2. The number of aromatic nitrogens is 1. The van der Waals surface area contributed by atoms with Gasteiger partial charge >= 0.3 is 5.97 Å². The van der Waals surface area contributed by atoms with Gasteiger partial charge in [0.05, 0.1) is 10.9 Å². The zero-order valence-corrected chi connectivity index (χ0v) is 14.0. The number of aromatic hydroxyl groups is 1. The number of nitrogens with zero attached hydrogens (tertiary/aromatic N) is 1. The zero-order valence-electron chi connectivity index (χ0n) is 14.0. The molecule has 0 saturated heterocycles. The van der Waals surface area contributed by atoms with E-state index in [1.54, 1.807) is 60.7 Å². The molecule has 0 amide bonds. The lowest BCUT2D eigenvalue weighted by atomic mass is 10.1. The van der Waals surface area contributed by atoms with Gasteiger partial charge in [-0.25, -0.2) is 4.79 Å². The summed E-state index contributed by atoms with van der Waals surface area (Å²) in [6, 6.07) is 19.4. The maximum Gasteiger partial charge on any atom is 0.347 e. The number of para-hydroxylation sites is 3. The number of fused-ring (bicyclic) bond motifs is 1. The van der Waals surface area contributed by atoms with Gasteiger partial charge in [-0.05, 0) is 36.4 Å². The quantitative estimate of drug-likeness (QED) is 0.442. The maximum absolute atomic E-state index is 12.4. The van der Waals surface area contributed by atoms with Crippen LogP contribution in [0.2, 0.25) is 0 Å². The summed E-state index contributed by atoms with van der Waals surface area (Å²) in [4.78, 5) is 28.6. The van der Waals surface area contributed by atoms with E-state index in [0.29, 0.717) is 16.5 Å². The lowest BCUT2D eigenvalue weighted by molar-refractivity contribution is 0.0732. The van der Waals surface area contributed by atoms with Crippen LogP contribution in [0.5, 0.6) is 11.5 Å². The smallest absolute Gasteiger partial charge is 0.347 e. The Balaban J connectivity index is 1.77. The van der Waals surface area contributed by atoms with Crippen molar-refractivity contribution in [1.29, 1.82) is 0 Å². The average Bonchev–Trinajstić information content (AvgIpc) is 2.68. The third-order valence-corrected chi connectivity index (χ3v) is 3.97. The molecule has 0 aliphatic heterocycles. The molecule has 0 aliphatic carbocycles. The Bertz CT molecular complexity index is 1210. The average molecular weight is 359 g/mol. The van der Waals surface area contributed by atoms with Crippen molar-refractivity contribution in [1.82, 2.24) is 4.98 Å². The number of phenols is 1. The minimum absolute atomic E-state index is 0.0280. The van der Waals surface area contributed by atoms with Gasteiger partial charge in [-0.15, -0.1) is 0 Å².